The Morgan fingerprint density at radius 1 is 1.18 bits per heavy atom. The fourth-order valence-electron chi connectivity index (χ4n) is 5.13. The summed E-state index contributed by atoms with van der Waals surface area (Å²) in [5, 5.41) is 23.4. The number of nitriles is 1. The quantitative estimate of drug-likeness (QED) is 0.305. The number of nitrogens with one attached hydrogen (secondary N) is 1. The summed E-state index contributed by atoms with van der Waals surface area (Å²) in [6.45, 7) is 10.8. The number of hydrogen-bond acceptors (Lipinski definition) is 7. The minimum absolute atomic E-state index is 0.166. The Balaban J connectivity index is 1.42. The molecule has 0 aromatic carbocycles. The lowest BCUT2D eigenvalue weighted by atomic mass is 9.92. The van der Waals surface area contributed by atoms with Crippen molar-refractivity contribution in [1.82, 2.24) is 29.5 Å². The highest BCUT2D eigenvalue weighted by atomic mass is 16.5. The van der Waals surface area contributed by atoms with Crippen molar-refractivity contribution in [3.8, 4) is 23.1 Å². The SMILES string of the molecule is CCNc1cc2c(cn1)c(-c1cnn(C(C)(C)C#N)c1)nn2C1CCC(Oc2cccnc2C(C)C)CC1. The maximum atomic E-state index is 9.55. The Labute approximate surface area is 223 Å². The van der Waals surface area contributed by atoms with Gasteiger partial charge >= 0.3 is 0 Å². The Kier molecular flexibility index (Phi) is 7.06. The molecule has 1 N–H and O–H groups in total. The Morgan fingerprint density at radius 2 is 1.97 bits per heavy atom. The highest BCUT2D eigenvalue weighted by Crippen LogP contribution is 2.37. The molecule has 0 atom stereocenters. The van der Waals surface area contributed by atoms with Gasteiger partial charge in [0, 0.05) is 42.2 Å². The number of anilines is 1. The number of ether oxygens (including phenoxy) is 1. The molecule has 1 aliphatic rings. The molecule has 4 aromatic heterocycles. The Bertz CT molecular complexity index is 1450. The van der Waals surface area contributed by atoms with Crippen molar-refractivity contribution in [3.05, 3.63) is 48.7 Å². The van der Waals surface area contributed by atoms with Gasteiger partial charge in [-0.1, -0.05) is 13.8 Å². The second kappa shape index (κ2) is 10.4. The van der Waals surface area contributed by atoms with Crippen molar-refractivity contribution in [2.24, 2.45) is 0 Å². The lowest BCUT2D eigenvalue weighted by Gasteiger charge is -2.30. The van der Waals surface area contributed by atoms with Gasteiger partial charge in [0.25, 0.3) is 0 Å². The van der Waals surface area contributed by atoms with Crippen molar-refractivity contribution >= 4 is 16.7 Å². The van der Waals surface area contributed by atoms with Gasteiger partial charge in [-0.2, -0.15) is 15.5 Å². The summed E-state index contributed by atoms with van der Waals surface area (Å²) in [5.74, 6) is 2.05. The molecule has 0 aliphatic heterocycles. The predicted octanol–water partition coefficient (Wildman–Crippen LogP) is 6.07. The maximum absolute atomic E-state index is 9.55. The first-order valence-corrected chi connectivity index (χ1v) is 13.5. The summed E-state index contributed by atoms with van der Waals surface area (Å²) in [6, 6.07) is 8.63. The van der Waals surface area contributed by atoms with Crippen LogP contribution in [0.25, 0.3) is 22.2 Å². The minimum Gasteiger partial charge on any atom is -0.489 e. The second-order valence-corrected chi connectivity index (χ2v) is 10.8. The van der Waals surface area contributed by atoms with Crippen LogP contribution in [0.3, 0.4) is 0 Å². The summed E-state index contributed by atoms with van der Waals surface area (Å²) >= 11 is 0. The zero-order valence-corrected chi connectivity index (χ0v) is 22.8. The molecule has 0 amide bonds. The zero-order valence-electron chi connectivity index (χ0n) is 22.8. The van der Waals surface area contributed by atoms with Crippen LogP contribution < -0.4 is 10.1 Å². The van der Waals surface area contributed by atoms with E-state index >= 15 is 0 Å². The maximum Gasteiger partial charge on any atom is 0.143 e. The third kappa shape index (κ3) is 4.95. The van der Waals surface area contributed by atoms with E-state index in [9.17, 15) is 5.26 Å². The number of hydrogen-bond donors (Lipinski definition) is 1. The minimum atomic E-state index is -0.741. The van der Waals surface area contributed by atoms with Crippen LogP contribution in [-0.2, 0) is 5.54 Å². The van der Waals surface area contributed by atoms with Crippen molar-refractivity contribution in [1.29, 1.82) is 5.26 Å². The molecule has 0 bridgehead atoms. The molecular formula is C29H36N8O. The topological polar surface area (TPSA) is 106 Å². The van der Waals surface area contributed by atoms with Gasteiger partial charge < -0.3 is 10.1 Å². The van der Waals surface area contributed by atoms with Gasteiger partial charge in [-0.05, 0) is 64.5 Å². The van der Waals surface area contributed by atoms with Crippen LogP contribution in [0.5, 0.6) is 5.75 Å². The summed E-state index contributed by atoms with van der Waals surface area (Å²) in [7, 11) is 0. The van der Waals surface area contributed by atoms with Crippen LogP contribution >= 0.6 is 0 Å². The van der Waals surface area contributed by atoms with Crippen LogP contribution in [0.2, 0.25) is 0 Å². The van der Waals surface area contributed by atoms with Gasteiger partial charge in [-0.25, -0.2) is 4.98 Å². The van der Waals surface area contributed by atoms with E-state index in [0.717, 1.165) is 71.6 Å². The van der Waals surface area contributed by atoms with Gasteiger partial charge in [0.2, 0.25) is 0 Å². The first-order valence-electron chi connectivity index (χ1n) is 13.5. The standard InChI is InChI=1S/C29H36N8O/c1-6-31-26-14-24-23(16-33-26)28(20-15-34-36(17-20)29(4,5)18-30)35-37(24)21-9-11-22(12-10-21)38-25-8-7-13-32-27(25)19(2)3/h7-8,13-17,19,21-22H,6,9-12H2,1-5H3,(H,31,33). The van der Waals surface area contributed by atoms with E-state index in [1.54, 1.807) is 10.9 Å². The monoisotopic (exact) mass is 512 g/mol. The predicted molar refractivity (Wildman–Crippen MR) is 148 cm³/mol. The molecule has 0 saturated heterocycles. The molecule has 0 unspecified atom stereocenters. The van der Waals surface area contributed by atoms with Crippen molar-refractivity contribution in [2.75, 3.05) is 11.9 Å². The second-order valence-electron chi connectivity index (χ2n) is 10.8. The first-order chi connectivity index (χ1) is 18.3. The van der Waals surface area contributed by atoms with Crippen molar-refractivity contribution < 1.29 is 4.74 Å². The average Bonchev–Trinajstić information content (AvgIpc) is 3.55. The molecule has 4 aromatic rings. The van der Waals surface area contributed by atoms with E-state index in [2.05, 4.69) is 58.0 Å². The van der Waals surface area contributed by atoms with E-state index in [0.29, 0.717) is 5.92 Å². The fraction of sp³-hybridized carbons (Fsp3) is 0.483. The molecular weight excluding hydrogens is 476 g/mol. The van der Waals surface area contributed by atoms with E-state index in [1.165, 1.54) is 0 Å². The molecule has 1 fully saturated rings. The number of nitrogens with zero attached hydrogens (tertiary/aromatic N) is 7. The summed E-state index contributed by atoms with van der Waals surface area (Å²) in [6.07, 6.45) is 11.4. The Morgan fingerprint density at radius 3 is 2.68 bits per heavy atom. The van der Waals surface area contributed by atoms with Gasteiger partial charge in [0.15, 0.2) is 0 Å². The van der Waals surface area contributed by atoms with Crippen molar-refractivity contribution in [2.45, 2.75) is 83.9 Å². The number of pyridine rings is 2. The van der Waals surface area contributed by atoms with Crippen LogP contribution in [-0.4, -0.2) is 42.2 Å². The molecule has 9 nitrogen and oxygen atoms in total. The molecule has 4 heterocycles. The van der Waals surface area contributed by atoms with E-state index in [4.69, 9.17) is 9.84 Å². The molecule has 198 valence electrons. The lowest BCUT2D eigenvalue weighted by molar-refractivity contribution is 0.129. The summed E-state index contributed by atoms with van der Waals surface area (Å²) in [4.78, 5) is 9.17. The van der Waals surface area contributed by atoms with Crippen molar-refractivity contribution in [3.63, 3.8) is 0 Å². The Hall–Kier alpha value is -3.93. The molecule has 1 saturated carbocycles. The van der Waals surface area contributed by atoms with E-state index < -0.39 is 5.54 Å². The van der Waals surface area contributed by atoms with Crippen LogP contribution in [0.15, 0.2) is 43.0 Å². The zero-order chi connectivity index (χ0) is 26.9. The molecule has 0 spiro atoms. The third-order valence-corrected chi connectivity index (χ3v) is 7.28. The summed E-state index contributed by atoms with van der Waals surface area (Å²) < 4.78 is 10.3. The highest BCUT2D eigenvalue weighted by Gasteiger charge is 2.28. The first kappa shape index (κ1) is 25.7. The van der Waals surface area contributed by atoms with Crippen LogP contribution in [0, 0.1) is 11.3 Å². The third-order valence-electron chi connectivity index (χ3n) is 7.28. The number of rotatable bonds is 8. The summed E-state index contributed by atoms with van der Waals surface area (Å²) in [5.41, 5.74) is 3.04. The highest BCUT2D eigenvalue weighted by molar-refractivity contribution is 5.93. The molecule has 5 rings (SSSR count). The average molecular weight is 513 g/mol. The van der Waals surface area contributed by atoms with E-state index in [-0.39, 0.29) is 12.1 Å². The normalized spacial score (nSPS) is 18.0. The van der Waals surface area contributed by atoms with Gasteiger partial charge in [-0.3, -0.25) is 14.3 Å². The largest absolute Gasteiger partial charge is 0.489 e. The lowest BCUT2D eigenvalue weighted by Crippen LogP contribution is -2.26. The van der Waals surface area contributed by atoms with Gasteiger partial charge in [0.1, 0.15) is 22.8 Å². The fourth-order valence-corrected chi connectivity index (χ4v) is 5.13. The molecule has 38 heavy (non-hydrogen) atoms. The molecule has 1 aliphatic carbocycles. The number of aromatic nitrogens is 6. The van der Waals surface area contributed by atoms with Gasteiger partial charge in [-0.15, -0.1) is 0 Å². The van der Waals surface area contributed by atoms with Gasteiger partial charge in [0.05, 0.1) is 35.6 Å². The molecule has 0 radical (unpaired) electrons. The number of fused-ring (bicyclic) bond motifs is 1. The van der Waals surface area contributed by atoms with Crippen LogP contribution in [0.4, 0.5) is 5.82 Å². The smallest absolute Gasteiger partial charge is 0.143 e. The molecule has 9 heteroatoms. The van der Waals surface area contributed by atoms with Crippen LogP contribution in [0.1, 0.15) is 78.0 Å². The van der Waals surface area contributed by atoms with E-state index in [1.807, 2.05) is 44.6 Å².